The van der Waals surface area contributed by atoms with Crippen molar-refractivity contribution >= 4 is 34.4 Å². The van der Waals surface area contributed by atoms with Crippen LogP contribution in [0.15, 0.2) is 48.5 Å². The number of para-hydroxylation sites is 1. The van der Waals surface area contributed by atoms with Crippen LogP contribution in [-0.4, -0.2) is 40.3 Å². The third kappa shape index (κ3) is 2.99. The molecule has 3 heterocycles. The van der Waals surface area contributed by atoms with E-state index in [1.807, 2.05) is 25.1 Å². The van der Waals surface area contributed by atoms with Gasteiger partial charge in [-0.25, -0.2) is 9.69 Å². The van der Waals surface area contributed by atoms with Gasteiger partial charge in [-0.2, -0.15) is 0 Å². The van der Waals surface area contributed by atoms with Gasteiger partial charge in [0.05, 0.1) is 11.4 Å². The molecule has 0 unspecified atom stereocenters. The predicted molar refractivity (Wildman–Crippen MR) is 130 cm³/mol. The third-order valence-corrected chi connectivity index (χ3v) is 7.77. The maximum absolute atomic E-state index is 13.9. The van der Waals surface area contributed by atoms with Crippen LogP contribution >= 0.6 is 0 Å². The van der Waals surface area contributed by atoms with E-state index in [9.17, 15) is 14.4 Å². The summed E-state index contributed by atoms with van der Waals surface area (Å²) in [5, 5.41) is 4.21. The molecule has 1 aromatic heterocycles. The maximum Gasteiger partial charge on any atom is 0.332 e. The average molecular weight is 457 g/mol. The van der Waals surface area contributed by atoms with Gasteiger partial charge in [0, 0.05) is 29.1 Å². The number of fused-ring (bicyclic) bond motifs is 5. The van der Waals surface area contributed by atoms with Crippen molar-refractivity contribution in [1.82, 2.24) is 15.2 Å². The minimum Gasteiger partial charge on any atom is -0.356 e. The van der Waals surface area contributed by atoms with E-state index in [1.54, 1.807) is 29.2 Å². The normalized spacial score (nSPS) is 22.7. The second kappa shape index (κ2) is 7.72. The summed E-state index contributed by atoms with van der Waals surface area (Å²) in [6.45, 7) is 2.29. The number of anilines is 1. The first-order chi connectivity index (χ1) is 16.5. The number of hydrogen-bond donors (Lipinski definition) is 2. The lowest BCUT2D eigenvalue weighted by atomic mass is 9.87. The van der Waals surface area contributed by atoms with Crippen LogP contribution in [0.1, 0.15) is 60.6 Å². The summed E-state index contributed by atoms with van der Waals surface area (Å²) in [5.41, 5.74) is 2.63. The molecule has 7 nitrogen and oxygen atoms in total. The first-order valence-electron chi connectivity index (χ1n) is 12.2. The molecule has 2 aliphatic heterocycles. The van der Waals surface area contributed by atoms with Crippen LogP contribution in [0, 0.1) is 0 Å². The Hall–Kier alpha value is -3.61. The van der Waals surface area contributed by atoms with Gasteiger partial charge in [0.2, 0.25) is 0 Å². The summed E-state index contributed by atoms with van der Waals surface area (Å²) in [6, 6.07) is 14.7. The fraction of sp³-hybridized carbons (Fsp3) is 0.370. The molecule has 0 radical (unpaired) electrons. The number of rotatable bonds is 3. The third-order valence-electron chi connectivity index (χ3n) is 7.77. The molecule has 2 aromatic carbocycles. The van der Waals surface area contributed by atoms with E-state index in [-0.39, 0.29) is 23.9 Å². The van der Waals surface area contributed by atoms with Crippen molar-refractivity contribution in [3.63, 3.8) is 0 Å². The molecule has 1 saturated heterocycles. The predicted octanol–water partition coefficient (Wildman–Crippen LogP) is 4.47. The second-order valence-corrected chi connectivity index (χ2v) is 9.78. The standard InChI is InChI=1S/C27H28N4O3/c1-27-23-21(20-12-5-6-13-22(20)29-23)14-15-30(27)26(34)31(25(27)33)19-11-7-8-17(16-19)24(32)28-18-9-3-2-4-10-18/h5-8,11-13,16,18,29H,2-4,9-10,14-15H2,1H3,(H,28,32)/t27-/m0/s1. The molecular weight excluding hydrogens is 428 g/mol. The van der Waals surface area contributed by atoms with E-state index in [0.29, 0.717) is 24.2 Å². The summed E-state index contributed by atoms with van der Waals surface area (Å²) in [6.07, 6.45) is 6.15. The minimum absolute atomic E-state index is 0.158. The number of nitrogens with zero attached hydrogens (tertiary/aromatic N) is 2. The van der Waals surface area contributed by atoms with Crippen LogP contribution in [0.4, 0.5) is 10.5 Å². The van der Waals surface area contributed by atoms with E-state index >= 15 is 0 Å². The lowest BCUT2D eigenvalue weighted by Crippen LogP contribution is -2.49. The molecule has 174 valence electrons. The van der Waals surface area contributed by atoms with Crippen LogP contribution in [0.25, 0.3) is 10.9 Å². The van der Waals surface area contributed by atoms with E-state index < -0.39 is 5.54 Å². The number of H-pyrrole nitrogens is 1. The Kier molecular flexibility index (Phi) is 4.76. The summed E-state index contributed by atoms with van der Waals surface area (Å²) in [5.74, 6) is -0.454. The molecule has 6 rings (SSSR count). The lowest BCUT2D eigenvalue weighted by molar-refractivity contribution is -0.125. The zero-order chi connectivity index (χ0) is 23.4. The van der Waals surface area contributed by atoms with Crippen molar-refractivity contribution in [3.05, 3.63) is 65.4 Å². The first kappa shape index (κ1) is 21.0. The van der Waals surface area contributed by atoms with Gasteiger partial charge in [0.25, 0.3) is 11.8 Å². The summed E-state index contributed by atoms with van der Waals surface area (Å²) >= 11 is 0. The van der Waals surface area contributed by atoms with E-state index in [4.69, 9.17) is 0 Å². The lowest BCUT2D eigenvalue weighted by Gasteiger charge is -2.35. The van der Waals surface area contributed by atoms with Crippen molar-refractivity contribution in [2.45, 2.75) is 57.0 Å². The van der Waals surface area contributed by atoms with Gasteiger partial charge in [-0.15, -0.1) is 0 Å². The number of aromatic amines is 1. The van der Waals surface area contributed by atoms with Gasteiger partial charge in [-0.1, -0.05) is 43.5 Å². The van der Waals surface area contributed by atoms with Crippen LogP contribution in [0.2, 0.25) is 0 Å². The number of carbonyl (C=O) groups is 3. The first-order valence-corrected chi connectivity index (χ1v) is 12.2. The monoisotopic (exact) mass is 456 g/mol. The zero-order valence-corrected chi connectivity index (χ0v) is 19.3. The fourth-order valence-corrected chi connectivity index (χ4v) is 5.92. The van der Waals surface area contributed by atoms with Crippen molar-refractivity contribution < 1.29 is 14.4 Å². The van der Waals surface area contributed by atoms with Gasteiger partial charge in [-0.3, -0.25) is 9.59 Å². The van der Waals surface area contributed by atoms with Crippen molar-refractivity contribution in [2.24, 2.45) is 0 Å². The van der Waals surface area contributed by atoms with E-state index in [2.05, 4.69) is 16.4 Å². The SMILES string of the molecule is C[C@]12C(=O)N(c3cccc(C(=O)NC4CCCCC4)c3)C(=O)N1CCc1c2[nH]c2ccccc12. The number of hydrogen-bond acceptors (Lipinski definition) is 3. The molecule has 7 heteroatoms. The van der Waals surface area contributed by atoms with Crippen LogP contribution in [0.5, 0.6) is 0 Å². The van der Waals surface area contributed by atoms with E-state index in [1.165, 1.54) is 11.3 Å². The molecule has 3 aromatic rings. The molecule has 0 spiro atoms. The van der Waals surface area contributed by atoms with Crippen LogP contribution in [-0.2, 0) is 16.8 Å². The molecule has 3 aliphatic rings. The summed E-state index contributed by atoms with van der Waals surface area (Å²) in [7, 11) is 0. The summed E-state index contributed by atoms with van der Waals surface area (Å²) < 4.78 is 0. The fourth-order valence-electron chi connectivity index (χ4n) is 5.92. The number of aromatic nitrogens is 1. The highest BCUT2D eigenvalue weighted by Crippen LogP contribution is 2.45. The van der Waals surface area contributed by atoms with Gasteiger partial charge in [-0.05, 0) is 56.0 Å². The van der Waals surface area contributed by atoms with Crippen molar-refractivity contribution in [3.8, 4) is 0 Å². The highest BCUT2D eigenvalue weighted by atomic mass is 16.2. The number of nitrogens with one attached hydrogen (secondary N) is 2. The number of benzene rings is 2. The van der Waals surface area contributed by atoms with Gasteiger partial charge >= 0.3 is 6.03 Å². The summed E-state index contributed by atoms with van der Waals surface area (Å²) in [4.78, 5) is 46.6. The van der Waals surface area contributed by atoms with E-state index in [0.717, 1.165) is 47.8 Å². The molecule has 4 amide bonds. The van der Waals surface area contributed by atoms with Crippen LogP contribution < -0.4 is 10.2 Å². The molecule has 1 atom stereocenters. The molecule has 2 N–H and O–H groups in total. The molecule has 2 fully saturated rings. The molecule has 34 heavy (non-hydrogen) atoms. The van der Waals surface area contributed by atoms with Gasteiger partial charge in [0.1, 0.15) is 0 Å². The van der Waals surface area contributed by atoms with Gasteiger partial charge < -0.3 is 15.2 Å². The number of amides is 4. The molecule has 1 aliphatic carbocycles. The quantitative estimate of drug-likeness (QED) is 0.570. The highest BCUT2D eigenvalue weighted by Gasteiger charge is 2.59. The number of carbonyl (C=O) groups excluding carboxylic acids is 3. The number of urea groups is 1. The largest absolute Gasteiger partial charge is 0.356 e. The van der Waals surface area contributed by atoms with Gasteiger partial charge in [0.15, 0.2) is 5.54 Å². The Morgan fingerprint density at radius 2 is 1.85 bits per heavy atom. The van der Waals surface area contributed by atoms with Crippen LogP contribution in [0.3, 0.4) is 0 Å². The second-order valence-electron chi connectivity index (χ2n) is 9.78. The number of imide groups is 1. The Morgan fingerprint density at radius 3 is 2.68 bits per heavy atom. The highest BCUT2D eigenvalue weighted by molar-refractivity contribution is 6.24. The average Bonchev–Trinajstić information content (AvgIpc) is 3.33. The van der Waals surface area contributed by atoms with Crippen molar-refractivity contribution in [2.75, 3.05) is 11.4 Å². The topological polar surface area (TPSA) is 85.5 Å². The molecule has 0 bridgehead atoms. The molecular formula is C27H28N4O3. The minimum atomic E-state index is -1.11. The molecule has 1 saturated carbocycles. The smallest absolute Gasteiger partial charge is 0.332 e. The Balaban J connectivity index is 1.34. The Bertz CT molecular complexity index is 1320. The van der Waals surface area contributed by atoms with Crippen molar-refractivity contribution in [1.29, 1.82) is 0 Å². The Labute approximate surface area is 198 Å². The maximum atomic E-state index is 13.9. The Morgan fingerprint density at radius 1 is 1.06 bits per heavy atom. The zero-order valence-electron chi connectivity index (χ0n) is 19.3.